The lowest BCUT2D eigenvalue weighted by Gasteiger charge is -2.28. The van der Waals surface area contributed by atoms with Gasteiger partial charge in [0.05, 0.1) is 29.6 Å². The van der Waals surface area contributed by atoms with Crippen molar-refractivity contribution < 1.29 is 35.1 Å². The second-order valence-electron chi connectivity index (χ2n) is 8.15. The van der Waals surface area contributed by atoms with Crippen LogP contribution in [0.4, 0.5) is 20.2 Å². The van der Waals surface area contributed by atoms with Crippen LogP contribution in [0.3, 0.4) is 0 Å². The summed E-state index contributed by atoms with van der Waals surface area (Å²) in [5, 5.41) is 2.50. The zero-order chi connectivity index (χ0) is 26.0. The molecule has 1 aliphatic rings. The minimum Gasteiger partial charge on any atom is -0.495 e. The number of carbonyl (C=O) groups excluding carboxylic acids is 1. The summed E-state index contributed by atoms with van der Waals surface area (Å²) >= 11 is 0. The highest BCUT2D eigenvalue weighted by atomic mass is 32.2. The van der Waals surface area contributed by atoms with Crippen LogP contribution in [0.25, 0.3) is 0 Å². The SMILES string of the molecule is COc1ccc(S(=O)(=O)N2CCCCC2)cc1NC(=O)[C@H](C)N(c1ccc(F)c(F)c1)S(C)(=O)=O. The predicted octanol–water partition coefficient (Wildman–Crippen LogP) is 2.94. The highest BCUT2D eigenvalue weighted by molar-refractivity contribution is 7.92. The average Bonchev–Trinajstić information content (AvgIpc) is 2.81. The molecule has 1 aliphatic heterocycles. The molecule has 1 saturated heterocycles. The Kier molecular flexibility index (Phi) is 8.02. The lowest BCUT2D eigenvalue weighted by atomic mass is 10.2. The van der Waals surface area contributed by atoms with Crippen molar-refractivity contribution in [1.29, 1.82) is 0 Å². The van der Waals surface area contributed by atoms with Crippen molar-refractivity contribution in [2.45, 2.75) is 37.1 Å². The molecule has 0 aliphatic carbocycles. The van der Waals surface area contributed by atoms with Crippen molar-refractivity contribution in [2.24, 2.45) is 0 Å². The first-order valence-electron chi connectivity index (χ1n) is 10.8. The summed E-state index contributed by atoms with van der Waals surface area (Å²) in [6.45, 7) is 2.05. The number of nitrogens with one attached hydrogen (secondary N) is 1. The zero-order valence-electron chi connectivity index (χ0n) is 19.5. The number of carbonyl (C=O) groups is 1. The van der Waals surface area contributed by atoms with Gasteiger partial charge in [0.15, 0.2) is 11.6 Å². The molecule has 0 aromatic heterocycles. The van der Waals surface area contributed by atoms with Gasteiger partial charge in [0.1, 0.15) is 11.8 Å². The quantitative estimate of drug-likeness (QED) is 0.561. The van der Waals surface area contributed by atoms with Crippen LogP contribution in [0.1, 0.15) is 26.2 Å². The molecule has 1 heterocycles. The van der Waals surface area contributed by atoms with E-state index in [0.717, 1.165) is 37.7 Å². The Hall–Kier alpha value is -2.77. The van der Waals surface area contributed by atoms with Crippen molar-refractivity contribution in [3.63, 3.8) is 0 Å². The maximum Gasteiger partial charge on any atom is 0.248 e. The standard InChI is InChI=1S/C22H27F2N3O6S2/c1-15(27(34(3,29)30)16-7-9-18(23)19(24)13-16)22(28)25-20-14-17(8-10-21(20)33-2)35(31,32)26-11-5-4-6-12-26/h7-10,13-15H,4-6,11-12H2,1-3H3,(H,25,28)/t15-/m0/s1. The van der Waals surface area contributed by atoms with Crippen molar-refractivity contribution in [3.8, 4) is 5.75 Å². The molecule has 2 aromatic rings. The van der Waals surface area contributed by atoms with Gasteiger partial charge in [-0.25, -0.2) is 25.6 Å². The van der Waals surface area contributed by atoms with E-state index in [1.165, 1.54) is 36.5 Å². The van der Waals surface area contributed by atoms with Gasteiger partial charge in [-0.3, -0.25) is 9.10 Å². The van der Waals surface area contributed by atoms with Crippen molar-refractivity contribution in [1.82, 2.24) is 4.31 Å². The molecule has 35 heavy (non-hydrogen) atoms. The fourth-order valence-corrected chi connectivity index (χ4v) is 6.58. The molecular weight excluding hydrogens is 504 g/mol. The van der Waals surface area contributed by atoms with E-state index >= 15 is 0 Å². The smallest absolute Gasteiger partial charge is 0.248 e. The van der Waals surface area contributed by atoms with Gasteiger partial charge in [0.25, 0.3) is 0 Å². The Labute approximate surface area is 203 Å². The van der Waals surface area contributed by atoms with E-state index in [2.05, 4.69) is 5.32 Å². The number of sulfonamides is 2. The minimum atomic E-state index is -4.10. The molecule has 1 fully saturated rings. The number of amides is 1. The van der Waals surface area contributed by atoms with Gasteiger partial charge >= 0.3 is 0 Å². The van der Waals surface area contributed by atoms with Gasteiger partial charge in [0.2, 0.25) is 26.0 Å². The highest BCUT2D eigenvalue weighted by Gasteiger charge is 2.31. The van der Waals surface area contributed by atoms with E-state index in [1.54, 1.807) is 0 Å². The topological polar surface area (TPSA) is 113 Å². The highest BCUT2D eigenvalue weighted by Crippen LogP contribution is 2.31. The van der Waals surface area contributed by atoms with Crippen LogP contribution in [0.15, 0.2) is 41.3 Å². The molecule has 0 unspecified atom stereocenters. The van der Waals surface area contributed by atoms with Gasteiger partial charge < -0.3 is 10.1 Å². The van der Waals surface area contributed by atoms with Crippen LogP contribution in [-0.4, -0.2) is 59.5 Å². The number of methoxy groups -OCH3 is 1. The van der Waals surface area contributed by atoms with Crippen molar-refractivity contribution >= 4 is 37.3 Å². The van der Waals surface area contributed by atoms with Gasteiger partial charge in [-0.1, -0.05) is 6.42 Å². The summed E-state index contributed by atoms with van der Waals surface area (Å²) in [5.41, 5.74) is -0.233. The second kappa shape index (κ2) is 10.5. The van der Waals surface area contributed by atoms with E-state index in [-0.39, 0.29) is 22.0 Å². The summed E-state index contributed by atoms with van der Waals surface area (Å²) in [7, 11) is -6.58. The molecule has 3 rings (SSSR count). The first-order chi connectivity index (χ1) is 16.4. The number of nitrogens with zero attached hydrogens (tertiary/aromatic N) is 2. The maximum absolute atomic E-state index is 13.8. The fourth-order valence-electron chi connectivity index (χ4n) is 3.87. The van der Waals surface area contributed by atoms with Crippen LogP contribution in [0.5, 0.6) is 5.75 Å². The largest absolute Gasteiger partial charge is 0.495 e. The Morgan fingerprint density at radius 2 is 1.69 bits per heavy atom. The normalized spacial score (nSPS) is 15.9. The third-order valence-corrected chi connectivity index (χ3v) is 8.76. The monoisotopic (exact) mass is 531 g/mol. The van der Waals surface area contributed by atoms with E-state index in [4.69, 9.17) is 4.74 Å². The predicted molar refractivity (Wildman–Crippen MR) is 127 cm³/mol. The number of rotatable bonds is 8. The third-order valence-electron chi connectivity index (χ3n) is 5.63. The summed E-state index contributed by atoms with van der Waals surface area (Å²) < 4.78 is 85.4. The fraction of sp³-hybridized carbons (Fsp3) is 0.409. The number of piperidine rings is 1. The molecule has 9 nitrogen and oxygen atoms in total. The molecule has 1 atom stereocenters. The Morgan fingerprint density at radius 1 is 1.03 bits per heavy atom. The molecular formula is C22H27F2N3O6S2. The molecule has 0 bridgehead atoms. The minimum absolute atomic E-state index is 0.0150. The summed E-state index contributed by atoms with van der Waals surface area (Å²) in [6, 6.07) is 5.07. The molecule has 1 N–H and O–H groups in total. The summed E-state index contributed by atoms with van der Waals surface area (Å²) in [5.74, 6) is -3.13. The van der Waals surface area contributed by atoms with E-state index in [9.17, 15) is 30.4 Å². The number of hydrogen-bond acceptors (Lipinski definition) is 6. The van der Waals surface area contributed by atoms with Gasteiger partial charge in [0, 0.05) is 19.2 Å². The van der Waals surface area contributed by atoms with Crippen molar-refractivity contribution in [2.75, 3.05) is 36.1 Å². The number of benzene rings is 2. The average molecular weight is 532 g/mol. The van der Waals surface area contributed by atoms with Crippen molar-refractivity contribution in [3.05, 3.63) is 48.0 Å². The van der Waals surface area contributed by atoms with Crippen LogP contribution < -0.4 is 14.4 Å². The van der Waals surface area contributed by atoms with Gasteiger partial charge in [-0.05, 0) is 50.1 Å². The van der Waals surface area contributed by atoms with Gasteiger partial charge in [-0.2, -0.15) is 4.31 Å². The molecule has 0 spiro atoms. The third kappa shape index (κ3) is 5.90. The number of halogens is 2. The van der Waals surface area contributed by atoms with Crippen LogP contribution in [0, 0.1) is 11.6 Å². The molecule has 1 amide bonds. The van der Waals surface area contributed by atoms with Gasteiger partial charge in [-0.15, -0.1) is 0 Å². The molecule has 0 radical (unpaired) electrons. The molecule has 13 heteroatoms. The number of hydrogen-bond donors (Lipinski definition) is 1. The lowest BCUT2D eigenvalue weighted by molar-refractivity contribution is -0.116. The Balaban J connectivity index is 1.93. The van der Waals surface area contributed by atoms with Crippen LogP contribution in [0.2, 0.25) is 0 Å². The summed E-state index contributed by atoms with van der Waals surface area (Å²) in [6.07, 6.45) is 3.27. The van der Waals surface area contributed by atoms with E-state index in [1.807, 2.05) is 0 Å². The van der Waals surface area contributed by atoms with E-state index < -0.39 is 43.6 Å². The molecule has 192 valence electrons. The molecule has 2 aromatic carbocycles. The molecule has 0 saturated carbocycles. The first-order valence-corrected chi connectivity index (χ1v) is 14.1. The number of ether oxygens (including phenoxy) is 1. The van der Waals surface area contributed by atoms with Crippen LogP contribution >= 0.6 is 0 Å². The first kappa shape index (κ1) is 26.8. The van der Waals surface area contributed by atoms with Crippen LogP contribution in [-0.2, 0) is 24.8 Å². The number of anilines is 2. The van der Waals surface area contributed by atoms with E-state index in [0.29, 0.717) is 23.5 Å². The zero-order valence-corrected chi connectivity index (χ0v) is 21.1. The summed E-state index contributed by atoms with van der Waals surface area (Å²) in [4.78, 5) is 13.0. The second-order valence-corrected chi connectivity index (χ2v) is 11.9. The Bertz CT molecular complexity index is 1310. The Morgan fingerprint density at radius 3 is 2.26 bits per heavy atom. The maximum atomic E-state index is 13.8. The lowest BCUT2D eigenvalue weighted by Crippen LogP contribution is -2.45.